The number of halogens is 1. The van der Waals surface area contributed by atoms with E-state index in [9.17, 15) is 9.59 Å². The van der Waals surface area contributed by atoms with Crippen molar-refractivity contribution in [2.24, 2.45) is 5.73 Å². The molecular formula is C17H26ClN3O2. The lowest BCUT2D eigenvalue weighted by Crippen LogP contribution is -2.23. The molecule has 1 heterocycles. The number of hydrogen-bond donors (Lipinski definition) is 2. The number of carbonyl (C=O) groups is 2. The lowest BCUT2D eigenvalue weighted by Gasteiger charge is -2.16. The number of unbranched alkanes of at least 4 members (excludes halogenated alkanes) is 3. The van der Waals surface area contributed by atoms with Crippen LogP contribution in [0.1, 0.15) is 44.9 Å². The summed E-state index contributed by atoms with van der Waals surface area (Å²) in [5.41, 5.74) is 7.06. The molecule has 0 unspecified atom stereocenters. The number of hydrogen-bond acceptors (Lipinski definition) is 3. The predicted octanol–water partition coefficient (Wildman–Crippen LogP) is 3.08. The Bertz CT molecular complexity index is 522. The van der Waals surface area contributed by atoms with Crippen LogP contribution in [0.4, 0.5) is 11.4 Å². The van der Waals surface area contributed by atoms with E-state index in [0.717, 1.165) is 50.0 Å². The summed E-state index contributed by atoms with van der Waals surface area (Å²) in [6.07, 6.45) is 6.06. The van der Waals surface area contributed by atoms with Crippen molar-refractivity contribution in [3.05, 3.63) is 24.3 Å². The van der Waals surface area contributed by atoms with Crippen LogP contribution in [0.3, 0.4) is 0 Å². The standard InChI is InChI=1S/C17H25N3O2.ClH/c18-11-4-2-1-3-9-16(21)19-14-7-5-8-15(13-14)20-12-6-10-17(20)22;/h5,7-8,13H,1-4,6,9-12,18H2,(H,19,21);1H. The van der Waals surface area contributed by atoms with Gasteiger partial charge in [-0.25, -0.2) is 0 Å². The summed E-state index contributed by atoms with van der Waals surface area (Å²) in [6.45, 7) is 1.48. The zero-order chi connectivity index (χ0) is 15.8. The van der Waals surface area contributed by atoms with Gasteiger partial charge in [-0.1, -0.05) is 18.9 Å². The maximum atomic E-state index is 11.9. The van der Waals surface area contributed by atoms with Gasteiger partial charge in [0.25, 0.3) is 0 Å². The van der Waals surface area contributed by atoms with Crippen molar-refractivity contribution >= 4 is 35.6 Å². The Morgan fingerprint density at radius 2 is 2.00 bits per heavy atom. The molecule has 1 aliphatic rings. The SMILES string of the molecule is Cl.NCCCCCCC(=O)Nc1cccc(N2CCCC2=O)c1. The van der Waals surface area contributed by atoms with E-state index in [2.05, 4.69) is 5.32 Å². The zero-order valence-electron chi connectivity index (χ0n) is 13.4. The first-order valence-electron chi connectivity index (χ1n) is 8.11. The summed E-state index contributed by atoms with van der Waals surface area (Å²) < 4.78 is 0. The Hall–Kier alpha value is -1.59. The average molecular weight is 340 g/mol. The van der Waals surface area contributed by atoms with E-state index in [1.807, 2.05) is 24.3 Å². The third-order valence-electron chi connectivity index (χ3n) is 3.87. The second kappa shape index (κ2) is 10.2. The van der Waals surface area contributed by atoms with Crippen LogP contribution in [-0.2, 0) is 9.59 Å². The molecule has 1 saturated heterocycles. The number of anilines is 2. The van der Waals surface area contributed by atoms with E-state index in [1.165, 1.54) is 0 Å². The van der Waals surface area contributed by atoms with Gasteiger partial charge in [-0.2, -0.15) is 0 Å². The summed E-state index contributed by atoms with van der Waals surface area (Å²) in [6, 6.07) is 7.51. The maximum Gasteiger partial charge on any atom is 0.227 e. The van der Waals surface area contributed by atoms with Gasteiger partial charge in [-0.3, -0.25) is 9.59 Å². The van der Waals surface area contributed by atoms with Crippen molar-refractivity contribution in [1.29, 1.82) is 0 Å². The molecule has 2 amide bonds. The fourth-order valence-electron chi connectivity index (χ4n) is 2.68. The minimum absolute atomic E-state index is 0. The summed E-state index contributed by atoms with van der Waals surface area (Å²) in [7, 11) is 0. The van der Waals surface area contributed by atoms with Crippen LogP contribution in [0.15, 0.2) is 24.3 Å². The molecule has 1 aromatic carbocycles. The van der Waals surface area contributed by atoms with E-state index in [4.69, 9.17) is 5.73 Å². The van der Waals surface area contributed by atoms with Crippen LogP contribution in [0.2, 0.25) is 0 Å². The van der Waals surface area contributed by atoms with Gasteiger partial charge >= 0.3 is 0 Å². The second-order valence-corrected chi connectivity index (χ2v) is 5.70. The highest BCUT2D eigenvalue weighted by atomic mass is 35.5. The molecule has 0 bridgehead atoms. The fraction of sp³-hybridized carbons (Fsp3) is 0.529. The van der Waals surface area contributed by atoms with Gasteiger partial charge in [0.1, 0.15) is 0 Å². The lowest BCUT2D eigenvalue weighted by molar-refractivity contribution is -0.117. The lowest BCUT2D eigenvalue weighted by atomic mass is 10.1. The number of nitrogens with two attached hydrogens (primary N) is 1. The van der Waals surface area contributed by atoms with Crippen LogP contribution >= 0.6 is 12.4 Å². The van der Waals surface area contributed by atoms with Crippen molar-refractivity contribution in [3.63, 3.8) is 0 Å². The molecule has 0 atom stereocenters. The average Bonchev–Trinajstić information content (AvgIpc) is 2.93. The summed E-state index contributed by atoms with van der Waals surface area (Å²) in [4.78, 5) is 25.5. The molecule has 23 heavy (non-hydrogen) atoms. The molecule has 3 N–H and O–H groups in total. The zero-order valence-corrected chi connectivity index (χ0v) is 14.2. The van der Waals surface area contributed by atoms with Gasteiger partial charge < -0.3 is 16.0 Å². The molecule has 0 saturated carbocycles. The Morgan fingerprint density at radius 3 is 2.70 bits per heavy atom. The minimum Gasteiger partial charge on any atom is -0.330 e. The first kappa shape index (κ1) is 19.5. The smallest absolute Gasteiger partial charge is 0.227 e. The largest absolute Gasteiger partial charge is 0.330 e. The van der Waals surface area contributed by atoms with E-state index in [1.54, 1.807) is 4.90 Å². The first-order chi connectivity index (χ1) is 10.7. The molecule has 1 aromatic rings. The van der Waals surface area contributed by atoms with Gasteiger partial charge in [0.05, 0.1) is 0 Å². The third-order valence-corrected chi connectivity index (χ3v) is 3.87. The summed E-state index contributed by atoms with van der Waals surface area (Å²) in [5, 5.41) is 2.91. The van der Waals surface area contributed by atoms with Crippen molar-refractivity contribution in [3.8, 4) is 0 Å². The van der Waals surface area contributed by atoms with Crippen LogP contribution in [0.25, 0.3) is 0 Å². The van der Waals surface area contributed by atoms with Crippen molar-refractivity contribution < 1.29 is 9.59 Å². The van der Waals surface area contributed by atoms with Gasteiger partial charge in [0.2, 0.25) is 11.8 Å². The van der Waals surface area contributed by atoms with Crippen LogP contribution in [0, 0.1) is 0 Å². The van der Waals surface area contributed by atoms with Gasteiger partial charge in [-0.15, -0.1) is 12.4 Å². The molecule has 1 fully saturated rings. The van der Waals surface area contributed by atoms with Gasteiger partial charge in [-0.05, 0) is 44.0 Å². The summed E-state index contributed by atoms with van der Waals surface area (Å²) in [5.74, 6) is 0.182. The fourth-order valence-corrected chi connectivity index (χ4v) is 2.68. The van der Waals surface area contributed by atoms with Crippen LogP contribution in [-0.4, -0.2) is 24.9 Å². The van der Waals surface area contributed by atoms with Crippen LogP contribution < -0.4 is 16.0 Å². The molecule has 1 aliphatic heterocycles. The molecule has 0 aliphatic carbocycles. The number of benzene rings is 1. The molecule has 2 rings (SSSR count). The monoisotopic (exact) mass is 339 g/mol. The number of carbonyl (C=O) groups excluding carboxylic acids is 2. The second-order valence-electron chi connectivity index (χ2n) is 5.70. The molecule has 0 aromatic heterocycles. The Balaban J connectivity index is 0.00000264. The highest BCUT2D eigenvalue weighted by Crippen LogP contribution is 2.24. The third kappa shape index (κ3) is 6.20. The highest BCUT2D eigenvalue weighted by molar-refractivity contribution is 5.97. The Kier molecular flexibility index (Phi) is 8.66. The number of nitrogens with one attached hydrogen (secondary N) is 1. The van der Waals surface area contributed by atoms with E-state index < -0.39 is 0 Å². The highest BCUT2D eigenvalue weighted by Gasteiger charge is 2.21. The Morgan fingerprint density at radius 1 is 1.22 bits per heavy atom. The topological polar surface area (TPSA) is 75.4 Å². The Labute approximate surface area is 144 Å². The normalized spacial score (nSPS) is 13.8. The summed E-state index contributed by atoms with van der Waals surface area (Å²) >= 11 is 0. The quantitative estimate of drug-likeness (QED) is 0.715. The molecule has 0 spiro atoms. The molecule has 6 heteroatoms. The van der Waals surface area contributed by atoms with E-state index >= 15 is 0 Å². The molecule has 128 valence electrons. The maximum absolute atomic E-state index is 11.9. The van der Waals surface area contributed by atoms with Crippen molar-refractivity contribution in [1.82, 2.24) is 0 Å². The van der Waals surface area contributed by atoms with Crippen LogP contribution in [0.5, 0.6) is 0 Å². The van der Waals surface area contributed by atoms with E-state index in [0.29, 0.717) is 19.4 Å². The predicted molar refractivity (Wildman–Crippen MR) is 96.0 cm³/mol. The molecule has 0 radical (unpaired) electrons. The molecular weight excluding hydrogens is 314 g/mol. The number of rotatable bonds is 8. The molecule has 5 nitrogen and oxygen atoms in total. The first-order valence-corrected chi connectivity index (χ1v) is 8.11. The van der Waals surface area contributed by atoms with Gasteiger partial charge in [0.15, 0.2) is 0 Å². The van der Waals surface area contributed by atoms with Gasteiger partial charge in [0, 0.05) is 30.8 Å². The van der Waals surface area contributed by atoms with Crippen molar-refractivity contribution in [2.75, 3.05) is 23.3 Å². The minimum atomic E-state index is 0. The number of nitrogens with zero attached hydrogens (tertiary/aromatic N) is 1. The van der Waals surface area contributed by atoms with E-state index in [-0.39, 0.29) is 24.2 Å². The van der Waals surface area contributed by atoms with Crippen molar-refractivity contribution in [2.45, 2.75) is 44.9 Å². The number of amides is 2.